The van der Waals surface area contributed by atoms with E-state index in [0.717, 1.165) is 11.3 Å². The molecule has 0 atom stereocenters. The Kier molecular flexibility index (Phi) is 3.60. The molecule has 0 spiro atoms. The number of aromatic nitrogens is 3. The van der Waals surface area contributed by atoms with Gasteiger partial charge in [-0.25, -0.2) is 0 Å². The van der Waals surface area contributed by atoms with Crippen molar-refractivity contribution >= 4 is 17.3 Å². The molecule has 3 rings (SSSR count). The van der Waals surface area contributed by atoms with Gasteiger partial charge in [0.1, 0.15) is 0 Å². The van der Waals surface area contributed by atoms with E-state index in [9.17, 15) is 0 Å². The summed E-state index contributed by atoms with van der Waals surface area (Å²) in [5, 5.41) is 7.83. The molecule has 6 heteroatoms. The summed E-state index contributed by atoms with van der Waals surface area (Å²) in [5.41, 5.74) is 1.82. The molecule has 0 saturated heterocycles. The molecule has 3 aromatic rings. The van der Waals surface area contributed by atoms with Gasteiger partial charge in [0.15, 0.2) is 0 Å². The maximum atomic E-state index is 5.83. The van der Waals surface area contributed by atoms with E-state index in [1.165, 1.54) is 0 Å². The van der Waals surface area contributed by atoms with Gasteiger partial charge in [-0.15, -0.1) is 0 Å². The summed E-state index contributed by atoms with van der Waals surface area (Å²) < 4.78 is 5.19. The van der Waals surface area contributed by atoms with Gasteiger partial charge in [-0.1, -0.05) is 16.8 Å². The molecule has 2 aromatic heterocycles. The molecule has 0 saturated carbocycles. The van der Waals surface area contributed by atoms with E-state index in [0.29, 0.717) is 23.3 Å². The van der Waals surface area contributed by atoms with Crippen LogP contribution in [0.15, 0.2) is 53.3 Å². The number of pyridine rings is 1. The molecule has 0 bridgehead atoms. The summed E-state index contributed by atoms with van der Waals surface area (Å²) in [6.45, 7) is 0.458. The Hall–Kier alpha value is -2.40. The van der Waals surface area contributed by atoms with Crippen molar-refractivity contribution < 1.29 is 4.52 Å². The Morgan fingerprint density at radius 1 is 1.05 bits per heavy atom. The van der Waals surface area contributed by atoms with E-state index in [1.807, 2.05) is 36.4 Å². The first kappa shape index (κ1) is 12.6. The van der Waals surface area contributed by atoms with Crippen molar-refractivity contribution in [2.75, 3.05) is 5.32 Å². The second-order valence-electron chi connectivity index (χ2n) is 4.11. The van der Waals surface area contributed by atoms with Crippen molar-refractivity contribution in [1.29, 1.82) is 0 Å². The Morgan fingerprint density at radius 3 is 2.55 bits per heavy atom. The van der Waals surface area contributed by atoms with Crippen LogP contribution in [0.1, 0.15) is 5.89 Å². The molecule has 0 aliphatic carbocycles. The average molecular weight is 287 g/mol. The topological polar surface area (TPSA) is 63.8 Å². The molecule has 1 N–H and O–H groups in total. The van der Waals surface area contributed by atoms with Crippen LogP contribution in [0.4, 0.5) is 5.69 Å². The molecule has 0 aliphatic rings. The lowest BCUT2D eigenvalue weighted by Gasteiger charge is -2.02. The van der Waals surface area contributed by atoms with Crippen molar-refractivity contribution in [3.8, 4) is 11.4 Å². The summed E-state index contributed by atoms with van der Waals surface area (Å²) in [4.78, 5) is 8.27. The maximum absolute atomic E-state index is 5.83. The van der Waals surface area contributed by atoms with Crippen molar-refractivity contribution in [2.45, 2.75) is 6.54 Å². The summed E-state index contributed by atoms with van der Waals surface area (Å²) >= 11 is 5.83. The first-order chi connectivity index (χ1) is 9.81. The molecule has 1 aromatic carbocycles. The van der Waals surface area contributed by atoms with Gasteiger partial charge in [-0.2, -0.15) is 4.98 Å². The average Bonchev–Trinajstić information content (AvgIpc) is 2.97. The van der Waals surface area contributed by atoms with Gasteiger partial charge in [0.2, 0.25) is 11.7 Å². The number of hydrogen-bond donors (Lipinski definition) is 1. The van der Waals surface area contributed by atoms with Gasteiger partial charge in [-0.05, 0) is 36.4 Å². The zero-order valence-electron chi connectivity index (χ0n) is 10.5. The van der Waals surface area contributed by atoms with Crippen LogP contribution in [-0.4, -0.2) is 15.1 Å². The first-order valence-corrected chi connectivity index (χ1v) is 6.41. The highest BCUT2D eigenvalue weighted by molar-refractivity contribution is 6.30. The lowest BCUT2D eigenvalue weighted by Crippen LogP contribution is -1.99. The van der Waals surface area contributed by atoms with Crippen LogP contribution in [0, 0.1) is 0 Å². The number of rotatable bonds is 4. The summed E-state index contributed by atoms with van der Waals surface area (Å²) in [7, 11) is 0. The Morgan fingerprint density at radius 2 is 1.80 bits per heavy atom. The van der Waals surface area contributed by atoms with Gasteiger partial charge >= 0.3 is 0 Å². The van der Waals surface area contributed by atoms with Crippen molar-refractivity contribution in [3.63, 3.8) is 0 Å². The van der Waals surface area contributed by atoms with Crippen LogP contribution in [0.3, 0.4) is 0 Å². The minimum absolute atomic E-state index is 0.458. The van der Waals surface area contributed by atoms with Gasteiger partial charge in [-0.3, -0.25) is 4.98 Å². The third-order valence-electron chi connectivity index (χ3n) is 2.69. The van der Waals surface area contributed by atoms with Crippen LogP contribution in [0.25, 0.3) is 11.4 Å². The number of halogens is 1. The Balaban J connectivity index is 1.67. The molecule has 2 heterocycles. The van der Waals surface area contributed by atoms with E-state index >= 15 is 0 Å². The molecular weight excluding hydrogens is 276 g/mol. The second kappa shape index (κ2) is 5.71. The molecule has 0 fully saturated rings. The van der Waals surface area contributed by atoms with E-state index in [1.54, 1.807) is 12.4 Å². The second-order valence-corrected chi connectivity index (χ2v) is 4.54. The third-order valence-corrected chi connectivity index (χ3v) is 2.95. The summed E-state index contributed by atoms with van der Waals surface area (Å²) in [6, 6.07) is 11.1. The number of nitrogens with zero attached hydrogens (tertiary/aromatic N) is 3. The molecule has 20 heavy (non-hydrogen) atoms. The molecule has 0 radical (unpaired) electrons. The molecule has 0 unspecified atom stereocenters. The first-order valence-electron chi connectivity index (χ1n) is 6.04. The largest absolute Gasteiger partial charge is 0.376 e. The highest BCUT2D eigenvalue weighted by Gasteiger charge is 2.07. The number of nitrogens with one attached hydrogen (secondary N) is 1. The number of benzene rings is 1. The SMILES string of the molecule is Clc1ccc(NCc2nc(-c3ccncc3)no2)cc1. The van der Waals surface area contributed by atoms with Crippen molar-refractivity contribution in [3.05, 3.63) is 59.7 Å². The van der Waals surface area contributed by atoms with Crippen LogP contribution in [0.2, 0.25) is 5.02 Å². The van der Waals surface area contributed by atoms with E-state index in [-0.39, 0.29) is 0 Å². The third kappa shape index (κ3) is 2.95. The van der Waals surface area contributed by atoms with Gasteiger partial charge < -0.3 is 9.84 Å². The maximum Gasteiger partial charge on any atom is 0.246 e. The fraction of sp³-hybridized carbons (Fsp3) is 0.0714. The fourth-order valence-corrected chi connectivity index (χ4v) is 1.82. The minimum Gasteiger partial charge on any atom is -0.376 e. The van der Waals surface area contributed by atoms with E-state index in [4.69, 9.17) is 16.1 Å². The standard InChI is InChI=1S/C14H11ClN4O/c15-11-1-3-12(4-2-11)17-9-13-18-14(19-20-13)10-5-7-16-8-6-10/h1-8,17H,9H2. The van der Waals surface area contributed by atoms with E-state index in [2.05, 4.69) is 20.4 Å². The van der Waals surface area contributed by atoms with Gasteiger partial charge in [0.05, 0.1) is 6.54 Å². The Labute approximate surface area is 120 Å². The molecule has 0 amide bonds. The van der Waals surface area contributed by atoms with Crippen LogP contribution < -0.4 is 5.32 Å². The normalized spacial score (nSPS) is 10.4. The van der Waals surface area contributed by atoms with Crippen LogP contribution in [-0.2, 0) is 6.54 Å². The van der Waals surface area contributed by atoms with Crippen LogP contribution >= 0.6 is 11.6 Å². The highest BCUT2D eigenvalue weighted by Crippen LogP contribution is 2.16. The zero-order valence-corrected chi connectivity index (χ0v) is 11.2. The predicted octanol–water partition coefficient (Wildman–Crippen LogP) is 3.40. The monoisotopic (exact) mass is 286 g/mol. The molecule has 100 valence electrons. The highest BCUT2D eigenvalue weighted by atomic mass is 35.5. The minimum atomic E-state index is 0.458. The molecule has 0 aliphatic heterocycles. The van der Waals surface area contributed by atoms with Crippen molar-refractivity contribution in [1.82, 2.24) is 15.1 Å². The van der Waals surface area contributed by atoms with Gasteiger partial charge in [0, 0.05) is 28.7 Å². The quantitative estimate of drug-likeness (QED) is 0.796. The number of hydrogen-bond acceptors (Lipinski definition) is 5. The summed E-state index contributed by atoms with van der Waals surface area (Å²) in [5.74, 6) is 1.08. The zero-order chi connectivity index (χ0) is 13.8. The van der Waals surface area contributed by atoms with Crippen LogP contribution in [0.5, 0.6) is 0 Å². The fourth-order valence-electron chi connectivity index (χ4n) is 1.69. The molecule has 5 nitrogen and oxygen atoms in total. The predicted molar refractivity (Wildman–Crippen MR) is 76.3 cm³/mol. The smallest absolute Gasteiger partial charge is 0.246 e. The van der Waals surface area contributed by atoms with Crippen molar-refractivity contribution in [2.24, 2.45) is 0 Å². The lowest BCUT2D eigenvalue weighted by atomic mass is 10.2. The summed E-state index contributed by atoms with van der Waals surface area (Å²) in [6.07, 6.45) is 3.38. The Bertz CT molecular complexity index is 682. The lowest BCUT2D eigenvalue weighted by molar-refractivity contribution is 0.384. The van der Waals surface area contributed by atoms with Gasteiger partial charge in [0.25, 0.3) is 0 Å². The van der Waals surface area contributed by atoms with E-state index < -0.39 is 0 Å². The molecular formula is C14H11ClN4O. The number of anilines is 1.